The molecule has 2 aromatic rings. The lowest BCUT2D eigenvalue weighted by Crippen LogP contribution is -2.35. The van der Waals surface area contributed by atoms with Gasteiger partial charge in [0.15, 0.2) is 5.78 Å². The molecule has 0 radical (unpaired) electrons. The Hall–Kier alpha value is -2.64. The summed E-state index contributed by atoms with van der Waals surface area (Å²) < 4.78 is 12.4. The van der Waals surface area contributed by atoms with E-state index in [1.165, 1.54) is 30.9 Å². The molecule has 0 aliphatic carbocycles. The quantitative estimate of drug-likeness (QED) is 0.387. The van der Waals surface area contributed by atoms with E-state index < -0.39 is 17.5 Å². The van der Waals surface area contributed by atoms with Crippen molar-refractivity contribution in [3.8, 4) is 16.9 Å². The Morgan fingerprint density at radius 1 is 1.03 bits per heavy atom. The van der Waals surface area contributed by atoms with Crippen molar-refractivity contribution in [2.45, 2.75) is 87.3 Å². The van der Waals surface area contributed by atoms with Crippen molar-refractivity contribution < 1.29 is 19.1 Å². The molecule has 0 aliphatic heterocycles. The van der Waals surface area contributed by atoms with Crippen LogP contribution in [0.25, 0.3) is 11.1 Å². The first-order valence-corrected chi connectivity index (χ1v) is 12.9. The van der Waals surface area contributed by atoms with Crippen LogP contribution in [0.3, 0.4) is 0 Å². The number of nitrogens with zero attached hydrogens (tertiary/aromatic N) is 1. The molecule has 7 nitrogen and oxygen atoms in total. The number of methoxy groups -OCH3 is 1. The third kappa shape index (κ3) is 11.0. The molecule has 0 spiro atoms. The number of carbonyl (C=O) groups excluding carboxylic acids is 2. The maximum absolute atomic E-state index is 12.9. The van der Waals surface area contributed by atoms with Crippen LogP contribution >= 0.6 is 11.6 Å². The predicted octanol–water partition coefficient (Wildman–Crippen LogP) is 6.69. The number of rotatable bonds is 8. The van der Waals surface area contributed by atoms with Crippen molar-refractivity contribution in [2.75, 3.05) is 13.7 Å². The number of hydrogen-bond donors (Lipinski definition) is 1. The Morgan fingerprint density at radius 2 is 1.58 bits per heavy atom. The number of amides is 1. The lowest BCUT2D eigenvalue weighted by atomic mass is 9.97. The fourth-order valence-electron chi connectivity index (χ4n) is 3.09. The second-order valence-corrected chi connectivity index (χ2v) is 8.35. The first-order valence-electron chi connectivity index (χ1n) is 12.5. The third-order valence-corrected chi connectivity index (χ3v) is 4.74. The summed E-state index contributed by atoms with van der Waals surface area (Å²) in [5.41, 5.74) is 5.99. The molecule has 0 fully saturated rings. The van der Waals surface area contributed by atoms with Gasteiger partial charge in [-0.15, -0.1) is 0 Å². The second-order valence-electron chi connectivity index (χ2n) is 7.91. The van der Waals surface area contributed by atoms with Gasteiger partial charge in [0, 0.05) is 35.2 Å². The molecule has 0 aliphatic rings. The topological polar surface area (TPSA) is 101 Å². The minimum Gasteiger partial charge on any atom is -0.495 e. The Kier molecular flexibility index (Phi) is 17.5. The molecule has 2 rings (SSSR count). The molecule has 0 bridgehead atoms. The van der Waals surface area contributed by atoms with Gasteiger partial charge < -0.3 is 15.2 Å². The Morgan fingerprint density at radius 3 is 2.03 bits per heavy atom. The number of benzene rings is 1. The maximum atomic E-state index is 12.9. The highest BCUT2D eigenvalue weighted by Gasteiger charge is 2.23. The first kappa shape index (κ1) is 35.5. The van der Waals surface area contributed by atoms with Crippen LogP contribution < -0.4 is 16.0 Å². The summed E-state index contributed by atoms with van der Waals surface area (Å²) in [5.74, 6) is -0.527. The van der Waals surface area contributed by atoms with Gasteiger partial charge in [-0.25, -0.2) is 0 Å². The highest BCUT2D eigenvalue weighted by molar-refractivity contribution is 6.31. The van der Waals surface area contributed by atoms with Gasteiger partial charge in [-0.1, -0.05) is 53.1 Å². The highest BCUT2D eigenvalue weighted by Crippen LogP contribution is 2.34. The molecule has 2 N–H and O–H groups in total. The number of halogens is 1. The lowest BCUT2D eigenvalue weighted by molar-refractivity contribution is -0.122. The van der Waals surface area contributed by atoms with Crippen LogP contribution in [0.4, 0.5) is 0 Å². The molecule has 1 aromatic heterocycles. The van der Waals surface area contributed by atoms with Crippen molar-refractivity contribution in [3.05, 3.63) is 51.4 Å². The Balaban J connectivity index is 0. The molecule has 204 valence electrons. The van der Waals surface area contributed by atoms with E-state index in [-0.39, 0.29) is 24.4 Å². The van der Waals surface area contributed by atoms with Gasteiger partial charge in [0.2, 0.25) is 5.91 Å². The van der Waals surface area contributed by atoms with Gasteiger partial charge in [0.1, 0.15) is 11.8 Å². The summed E-state index contributed by atoms with van der Waals surface area (Å²) in [7, 11) is 1.44. The van der Waals surface area contributed by atoms with Crippen LogP contribution in [-0.4, -0.2) is 35.6 Å². The van der Waals surface area contributed by atoms with E-state index >= 15 is 0 Å². The molecule has 1 aromatic carbocycles. The number of aromatic nitrogens is 1. The third-order valence-electron chi connectivity index (χ3n) is 4.51. The minimum atomic E-state index is -0.908. The molecule has 0 saturated heterocycles. The van der Waals surface area contributed by atoms with Crippen molar-refractivity contribution in [1.29, 1.82) is 0 Å². The van der Waals surface area contributed by atoms with E-state index in [0.29, 0.717) is 27.5 Å². The molecule has 1 atom stereocenters. The molecule has 1 unspecified atom stereocenters. The molecule has 1 amide bonds. The van der Waals surface area contributed by atoms with Gasteiger partial charge >= 0.3 is 0 Å². The van der Waals surface area contributed by atoms with Gasteiger partial charge in [-0.2, -0.15) is 0 Å². The summed E-state index contributed by atoms with van der Waals surface area (Å²) in [6.07, 6.45) is 1.65. The standard InChI is InChI=1S/C22H27ClN2O5.3C2H6/c1-13(26)15-7-6-14(23)10-16(15)17-11-20(27)25(12-19(17)29-5)18(21(24)28)8-9-30-22(2,3)4;3*1-2/h6-7,10-12,18H,8-9H2,1-5H3,(H2,24,28);3*1-2H3. The number of carbonyl (C=O) groups is 2. The summed E-state index contributed by atoms with van der Waals surface area (Å²) in [6, 6.07) is 5.21. The van der Waals surface area contributed by atoms with Gasteiger partial charge in [-0.05, 0) is 51.5 Å². The maximum Gasteiger partial charge on any atom is 0.252 e. The van der Waals surface area contributed by atoms with E-state index in [2.05, 4.69) is 0 Å². The summed E-state index contributed by atoms with van der Waals surface area (Å²) in [5, 5.41) is 0.413. The number of Topliss-reactive ketones (excluding diaryl/α,β-unsaturated/α-hetero) is 1. The van der Waals surface area contributed by atoms with Gasteiger partial charge in [0.05, 0.1) is 18.9 Å². The van der Waals surface area contributed by atoms with Crippen molar-refractivity contribution in [3.63, 3.8) is 0 Å². The smallest absolute Gasteiger partial charge is 0.252 e. The number of ether oxygens (including phenoxy) is 2. The van der Waals surface area contributed by atoms with E-state index in [0.717, 1.165) is 0 Å². The van der Waals surface area contributed by atoms with Crippen LogP contribution in [0.5, 0.6) is 5.75 Å². The molecule has 36 heavy (non-hydrogen) atoms. The molecule has 8 heteroatoms. The summed E-state index contributed by atoms with van der Waals surface area (Å²) in [4.78, 5) is 37.0. The number of ketones is 1. The van der Waals surface area contributed by atoms with E-state index in [9.17, 15) is 14.4 Å². The zero-order chi connectivity index (χ0) is 28.6. The predicted molar refractivity (Wildman–Crippen MR) is 150 cm³/mol. The number of pyridine rings is 1. The SMILES string of the molecule is CC.CC.CC.COc1cn(C(CCOC(C)(C)C)C(N)=O)c(=O)cc1-c1cc(Cl)ccc1C(C)=O. The normalized spacial score (nSPS) is 10.9. The molecule has 1 heterocycles. The van der Waals surface area contributed by atoms with Crippen molar-refractivity contribution in [1.82, 2.24) is 4.57 Å². The van der Waals surface area contributed by atoms with Crippen LogP contribution in [0, 0.1) is 0 Å². The van der Waals surface area contributed by atoms with Crippen LogP contribution in [-0.2, 0) is 9.53 Å². The summed E-state index contributed by atoms with van der Waals surface area (Å²) in [6.45, 7) is 19.4. The monoisotopic (exact) mass is 524 g/mol. The van der Waals surface area contributed by atoms with Gasteiger partial charge in [-0.3, -0.25) is 19.0 Å². The van der Waals surface area contributed by atoms with Crippen LogP contribution in [0.2, 0.25) is 5.02 Å². The highest BCUT2D eigenvalue weighted by atomic mass is 35.5. The van der Waals surface area contributed by atoms with Crippen LogP contribution in [0.1, 0.15) is 92.1 Å². The van der Waals surface area contributed by atoms with E-state index in [1.807, 2.05) is 62.3 Å². The molecular formula is C28H45ClN2O5. The lowest BCUT2D eigenvalue weighted by Gasteiger charge is -2.23. The van der Waals surface area contributed by atoms with Crippen LogP contribution in [0.15, 0.2) is 35.3 Å². The second kappa shape index (κ2) is 17.7. The van der Waals surface area contributed by atoms with Gasteiger partial charge in [0.25, 0.3) is 5.56 Å². The average Bonchev–Trinajstić information content (AvgIpc) is 2.84. The zero-order valence-electron chi connectivity index (χ0n) is 23.8. The zero-order valence-corrected chi connectivity index (χ0v) is 24.6. The fourth-order valence-corrected chi connectivity index (χ4v) is 3.26. The van der Waals surface area contributed by atoms with Crippen molar-refractivity contribution in [2.24, 2.45) is 5.73 Å². The first-order chi connectivity index (χ1) is 16.9. The van der Waals surface area contributed by atoms with Crippen molar-refractivity contribution >= 4 is 23.3 Å². The number of nitrogens with two attached hydrogens (primary N) is 1. The summed E-state index contributed by atoms with van der Waals surface area (Å²) >= 11 is 6.11. The largest absolute Gasteiger partial charge is 0.495 e. The number of hydrogen-bond acceptors (Lipinski definition) is 5. The average molecular weight is 525 g/mol. The molecule has 0 saturated carbocycles. The Labute approximate surface area is 221 Å². The Bertz CT molecular complexity index is 1010. The molecular weight excluding hydrogens is 480 g/mol. The minimum absolute atomic E-state index is 0.178. The fraction of sp³-hybridized carbons (Fsp3) is 0.536. The number of primary amides is 1. The van der Waals surface area contributed by atoms with E-state index in [4.69, 9.17) is 26.8 Å². The van der Waals surface area contributed by atoms with E-state index in [1.54, 1.807) is 18.2 Å².